The predicted octanol–water partition coefficient (Wildman–Crippen LogP) is 3.18. The highest BCUT2D eigenvalue weighted by atomic mass is 35.5. The van der Waals surface area contributed by atoms with Crippen LogP contribution in [0.15, 0.2) is 24.3 Å². The molecule has 0 aliphatic heterocycles. The van der Waals surface area contributed by atoms with E-state index in [4.69, 9.17) is 23.2 Å². The number of carbonyl (C=O) groups is 1. The van der Waals surface area contributed by atoms with Crippen molar-refractivity contribution in [1.82, 2.24) is 0 Å². The van der Waals surface area contributed by atoms with Crippen molar-refractivity contribution in [3.05, 3.63) is 39.9 Å². The van der Waals surface area contributed by atoms with Gasteiger partial charge in [-0.25, -0.2) is 0 Å². The Labute approximate surface area is 92.1 Å². The molecule has 0 radical (unpaired) electrons. The Hall–Kier alpha value is -0.990. The summed E-state index contributed by atoms with van der Waals surface area (Å²) >= 11 is 11.6. The third-order valence-corrected chi connectivity index (χ3v) is 2.08. The lowest BCUT2D eigenvalue weighted by Gasteiger charge is -1.98. The molecule has 0 spiro atoms. The van der Waals surface area contributed by atoms with Crippen molar-refractivity contribution < 1.29 is 9.53 Å². The number of hydrogen-bond acceptors (Lipinski definition) is 2. The average molecular weight is 231 g/mol. The van der Waals surface area contributed by atoms with Crippen molar-refractivity contribution in [1.29, 1.82) is 0 Å². The van der Waals surface area contributed by atoms with Gasteiger partial charge in [0.25, 0.3) is 6.47 Å². The van der Waals surface area contributed by atoms with Crippen LogP contribution in [-0.4, -0.2) is 13.1 Å². The normalized spacial score (nSPS) is 10.4. The monoisotopic (exact) mass is 230 g/mol. The Morgan fingerprint density at radius 3 is 2.79 bits per heavy atom. The maximum absolute atomic E-state index is 9.83. The summed E-state index contributed by atoms with van der Waals surface area (Å²) in [7, 11) is 0. The van der Waals surface area contributed by atoms with Crippen LogP contribution in [0, 0.1) is 0 Å². The van der Waals surface area contributed by atoms with E-state index in [1.54, 1.807) is 30.4 Å². The Balaban J connectivity index is 2.67. The molecule has 1 rings (SSSR count). The summed E-state index contributed by atoms with van der Waals surface area (Å²) in [5.74, 6) is 0. The van der Waals surface area contributed by atoms with E-state index in [9.17, 15) is 4.79 Å². The minimum atomic E-state index is 0.239. The summed E-state index contributed by atoms with van der Waals surface area (Å²) in [5.41, 5.74) is 0.838. The number of halogens is 2. The van der Waals surface area contributed by atoms with Crippen molar-refractivity contribution in [2.24, 2.45) is 0 Å². The van der Waals surface area contributed by atoms with E-state index in [0.717, 1.165) is 5.56 Å². The van der Waals surface area contributed by atoms with Gasteiger partial charge < -0.3 is 4.74 Å². The third kappa shape index (κ3) is 3.40. The van der Waals surface area contributed by atoms with E-state index < -0.39 is 0 Å². The van der Waals surface area contributed by atoms with Gasteiger partial charge >= 0.3 is 0 Å². The summed E-state index contributed by atoms with van der Waals surface area (Å²) in [6.07, 6.45) is 3.46. The lowest BCUT2D eigenvalue weighted by molar-refractivity contribution is -0.127. The molecular weight excluding hydrogens is 223 g/mol. The van der Waals surface area contributed by atoms with Crippen molar-refractivity contribution in [3.63, 3.8) is 0 Å². The van der Waals surface area contributed by atoms with Crippen molar-refractivity contribution >= 4 is 35.8 Å². The van der Waals surface area contributed by atoms with E-state index in [1.807, 2.05) is 0 Å². The molecular formula is C10H8Cl2O2. The van der Waals surface area contributed by atoms with Crippen LogP contribution in [0.3, 0.4) is 0 Å². The molecule has 0 N–H and O–H groups in total. The first kappa shape index (κ1) is 11.1. The Kier molecular flexibility index (Phi) is 4.50. The molecule has 0 atom stereocenters. The van der Waals surface area contributed by atoms with Crippen molar-refractivity contribution in [3.8, 4) is 0 Å². The second kappa shape index (κ2) is 5.68. The van der Waals surface area contributed by atoms with Gasteiger partial charge in [0, 0.05) is 10.0 Å². The maximum atomic E-state index is 9.83. The van der Waals surface area contributed by atoms with E-state index in [0.29, 0.717) is 16.5 Å². The zero-order valence-corrected chi connectivity index (χ0v) is 8.76. The minimum Gasteiger partial charge on any atom is -0.464 e. The molecule has 0 amide bonds. The number of hydrogen-bond donors (Lipinski definition) is 0. The zero-order chi connectivity index (χ0) is 10.4. The van der Waals surface area contributed by atoms with E-state index >= 15 is 0 Å². The summed E-state index contributed by atoms with van der Waals surface area (Å²) in [5, 5.41) is 1.16. The lowest BCUT2D eigenvalue weighted by atomic mass is 10.2. The molecule has 0 aliphatic carbocycles. The van der Waals surface area contributed by atoms with Gasteiger partial charge in [-0.05, 0) is 23.8 Å². The highest BCUT2D eigenvalue weighted by Crippen LogP contribution is 2.21. The number of benzene rings is 1. The van der Waals surface area contributed by atoms with Crippen LogP contribution in [0.4, 0.5) is 0 Å². The number of rotatable bonds is 4. The average Bonchev–Trinajstić information content (AvgIpc) is 2.15. The molecule has 0 unspecified atom stereocenters. The van der Waals surface area contributed by atoms with Gasteiger partial charge in [-0.1, -0.05) is 35.3 Å². The second-order valence-electron chi connectivity index (χ2n) is 2.50. The zero-order valence-electron chi connectivity index (χ0n) is 7.24. The molecule has 0 fully saturated rings. The fourth-order valence-electron chi connectivity index (χ4n) is 0.907. The van der Waals surface area contributed by atoms with Gasteiger partial charge in [-0.2, -0.15) is 0 Å². The molecule has 0 bridgehead atoms. The molecule has 0 aromatic heterocycles. The van der Waals surface area contributed by atoms with Gasteiger partial charge in [-0.15, -0.1) is 0 Å². The molecule has 0 saturated heterocycles. The highest BCUT2D eigenvalue weighted by molar-refractivity contribution is 6.35. The van der Waals surface area contributed by atoms with Crippen LogP contribution in [-0.2, 0) is 9.53 Å². The summed E-state index contributed by atoms with van der Waals surface area (Å²) < 4.78 is 4.48. The van der Waals surface area contributed by atoms with Gasteiger partial charge in [0.15, 0.2) is 0 Å². The Bertz CT molecular complexity index is 348. The first-order valence-electron chi connectivity index (χ1n) is 3.91. The van der Waals surface area contributed by atoms with Gasteiger partial charge in [0.1, 0.15) is 6.61 Å². The standard InChI is InChI=1S/C10H8Cl2O2/c11-9-4-3-8(10(12)6-9)2-1-5-14-7-13/h1-4,6-7H,5H2/b2-1+. The largest absolute Gasteiger partial charge is 0.464 e. The quantitative estimate of drug-likeness (QED) is 0.587. The predicted molar refractivity (Wildman–Crippen MR) is 57.5 cm³/mol. The van der Waals surface area contributed by atoms with Crippen LogP contribution < -0.4 is 0 Å². The van der Waals surface area contributed by atoms with Crippen molar-refractivity contribution in [2.45, 2.75) is 0 Å². The van der Waals surface area contributed by atoms with E-state index in [-0.39, 0.29) is 6.61 Å². The molecule has 0 heterocycles. The summed E-state index contributed by atoms with van der Waals surface area (Å²) in [6.45, 7) is 0.635. The molecule has 1 aromatic carbocycles. The fraction of sp³-hybridized carbons (Fsp3) is 0.100. The molecule has 2 nitrogen and oxygen atoms in total. The van der Waals surface area contributed by atoms with Crippen LogP contribution in [0.25, 0.3) is 6.08 Å². The van der Waals surface area contributed by atoms with Crippen LogP contribution in [0.2, 0.25) is 10.0 Å². The van der Waals surface area contributed by atoms with Crippen molar-refractivity contribution in [2.75, 3.05) is 6.61 Å². The SMILES string of the molecule is O=COC/C=C/c1ccc(Cl)cc1Cl. The molecule has 4 heteroatoms. The summed E-state index contributed by atoms with van der Waals surface area (Å²) in [4.78, 5) is 9.83. The molecule has 1 aromatic rings. The minimum absolute atomic E-state index is 0.239. The molecule has 0 saturated carbocycles. The second-order valence-corrected chi connectivity index (χ2v) is 3.34. The molecule has 74 valence electrons. The van der Waals surface area contributed by atoms with Crippen LogP contribution in [0.1, 0.15) is 5.56 Å². The smallest absolute Gasteiger partial charge is 0.293 e. The number of ether oxygens (including phenoxy) is 1. The number of carbonyl (C=O) groups excluding carboxylic acids is 1. The summed E-state index contributed by atoms with van der Waals surface area (Å²) in [6, 6.07) is 5.19. The topological polar surface area (TPSA) is 26.3 Å². The van der Waals surface area contributed by atoms with Gasteiger partial charge in [-0.3, -0.25) is 4.79 Å². The maximum Gasteiger partial charge on any atom is 0.293 e. The van der Waals surface area contributed by atoms with E-state index in [1.165, 1.54) is 0 Å². The third-order valence-electron chi connectivity index (χ3n) is 1.52. The van der Waals surface area contributed by atoms with E-state index in [2.05, 4.69) is 4.74 Å². The lowest BCUT2D eigenvalue weighted by Crippen LogP contribution is -1.85. The highest BCUT2D eigenvalue weighted by Gasteiger charge is 1.96. The Morgan fingerprint density at radius 1 is 1.36 bits per heavy atom. The molecule has 0 aliphatic rings. The Morgan fingerprint density at radius 2 is 2.14 bits per heavy atom. The molecule has 14 heavy (non-hydrogen) atoms. The van der Waals surface area contributed by atoms with Crippen LogP contribution in [0.5, 0.6) is 0 Å². The van der Waals surface area contributed by atoms with Gasteiger partial charge in [0.05, 0.1) is 0 Å². The van der Waals surface area contributed by atoms with Gasteiger partial charge in [0.2, 0.25) is 0 Å². The first-order chi connectivity index (χ1) is 6.74. The van der Waals surface area contributed by atoms with Crippen LogP contribution >= 0.6 is 23.2 Å². The fourth-order valence-corrected chi connectivity index (χ4v) is 1.38. The first-order valence-corrected chi connectivity index (χ1v) is 4.66.